The number of ether oxygens (including phenoxy) is 6. The number of hydrogen-bond donors (Lipinski definition) is 0. The topological polar surface area (TPSA) is 83.1 Å². The van der Waals surface area contributed by atoms with Crippen molar-refractivity contribution in [3.05, 3.63) is 0 Å². The van der Waals surface area contributed by atoms with Gasteiger partial charge in [0.15, 0.2) is 0 Å². The van der Waals surface area contributed by atoms with Gasteiger partial charge in [-0.25, -0.2) is 0 Å². The summed E-state index contributed by atoms with van der Waals surface area (Å²) in [4.78, 5) is 0. The van der Waals surface area contributed by atoms with Gasteiger partial charge in [-0.1, -0.05) is 0 Å². The second-order valence-electron chi connectivity index (χ2n) is 5.45. The average Bonchev–Trinajstić information content (AvgIpc) is 2.70. The SMILES string of the molecule is COCCOCCOCCOCCOCCOCCC[Si](OC)(OC)OC. The van der Waals surface area contributed by atoms with Crippen molar-refractivity contribution in [3.63, 3.8) is 0 Å². The van der Waals surface area contributed by atoms with E-state index in [1.165, 1.54) is 0 Å². The zero-order chi connectivity index (χ0) is 20.1. The summed E-state index contributed by atoms with van der Waals surface area (Å²) in [5, 5.41) is 0. The molecule has 164 valence electrons. The van der Waals surface area contributed by atoms with E-state index in [-0.39, 0.29) is 0 Å². The molecule has 0 unspecified atom stereocenters. The zero-order valence-corrected chi connectivity index (χ0v) is 18.4. The third kappa shape index (κ3) is 16.5. The van der Waals surface area contributed by atoms with Gasteiger partial charge < -0.3 is 41.7 Å². The molecule has 27 heavy (non-hydrogen) atoms. The normalized spacial score (nSPS) is 12.0. The van der Waals surface area contributed by atoms with E-state index < -0.39 is 8.80 Å². The molecule has 0 rings (SSSR count). The summed E-state index contributed by atoms with van der Waals surface area (Å²) in [7, 11) is 4.01. The summed E-state index contributed by atoms with van der Waals surface area (Å²) < 4.78 is 47.9. The van der Waals surface area contributed by atoms with E-state index in [0.29, 0.717) is 72.7 Å². The second-order valence-corrected chi connectivity index (χ2v) is 8.54. The fourth-order valence-electron chi connectivity index (χ4n) is 2.07. The maximum atomic E-state index is 5.52. The smallest absolute Gasteiger partial charge is 0.382 e. The number of rotatable bonds is 22. The first kappa shape index (κ1) is 26.9. The Morgan fingerprint density at radius 3 is 1.11 bits per heavy atom. The van der Waals surface area contributed by atoms with Gasteiger partial charge in [0.25, 0.3) is 0 Å². The molecule has 10 heteroatoms. The van der Waals surface area contributed by atoms with E-state index >= 15 is 0 Å². The molecule has 0 radical (unpaired) electrons. The summed E-state index contributed by atoms with van der Waals surface area (Å²) in [6.07, 6.45) is 0.822. The van der Waals surface area contributed by atoms with Gasteiger partial charge in [-0.2, -0.15) is 0 Å². The van der Waals surface area contributed by atoms with Gasteiger partial charge in [0.05, 0.1) is 66.1 Å². The molecule has 0 amide bonds. The summed E-state index contributed by atoms with van der Waals surface area (Å²) in [5.41, 5.74) is 0. The molecule has 0 aliphatic carbocycles. The molecule has 0 aliphatic rings. The van der Waals surface area contributed by atoms with Gasteiger partial charge in [0.1, 0.15) is 0 Å². The lowest BCUT2D eigenvalue weighted by Gasteiger charge is -2.24. The molecule has 0 atom stereocenters. The third-order valence-electron chi connectivity index (χ3n) is 3.62. The van der Waals surface area contributed by atoms with Crippen molar-refractivity contribution in [2.45, 2.75) is 12.5 Å². The van der Waals surface area contributed by atoms with Crippen molar-refractivity contribution < 1.29 is 41.7 Å². The van der Waals surface area contributed by atoms with Crippen LogP contribution in [-0.2, 0) is 41.7 Å². The second kappa shape index (κ2) is 20.6. The van der Waals surface area contributed by atoms with Crippen molar-refractivity contribution >= 4 is 8.80 Å². The highest BCUT2D eigenvalue weighted by atomic mass is 28.4. The van der Waals surface area contributed by atoms with Gasteiger partial charge in [-0.05, 0) is 6.42 Å². The van der Waals surface area contributed by atoms with Crippen LogP contribution in [0.1, 0.15) is 6.42 Å². The minimum atomic E-state index is -2.48. The molecule has 0 bridgehead atoms. The van der Waals surface area contributed by atoms with Gasteiger partial charge in [-0.3, -0.25) is 0 Å². The predicted molar refractivity (Wildman–Crippen MR) is 102 cm³/mol. The largest absolute Gasteiger partial charge is 0.500 e. The lowest BCUT2D eigenvalue weighted by molar-refractivity contribution is -0.0147. The molecule has 0 aromatic rings. The molecule has 0 aromatic carbocycles. The van der Waals surface area contributed by atoms with Crippen molar-refractivity contribution in [1.82, 2.24) is 0 Å². The minimum absolute atomic E-state index is 0.538. The van der Waals surface area contributed by atoms with Crippen LogP contribution in [0.5, 0.6) is 0 Å². The van der Waals surface area contributed by atoms with Crippen LogP contribution < -0.4 is 0 Å². The highest BCUT2D eigenvalue weighted by molar-refractivity contribution is 6.60. The highest BCUT2D eigenvalue weighted by Crippen LogP contribution is 2.14. The Balaban J connectivity index is 3.19. The molecule has 0 spiro atoms. The third-order valence-corrected chi connectivity index (χ3v) is 6.46. The van der Waals surface area contributed by atoms with E-state index in [1.54, 1.807) is 28.4 Å². The Kier molecular flexibility index (Phi) is 20.5. The molecule has 0 aliphatic heterocycles. The van der Waals surface area contributed by atoms with Gasteiger partial charge in [0, 0.05) is 41.1 Å². The van der Waals surface area contributed by atoms with Crippen LogP contribution in [0.25, 0.3) is 0 Å². The van der Waals surface area contributed by atoms with Crippen molar-refractivity contribution in [2.75, 3.05) is 101 Å². The van der Waals surface area contributed by atoms with Gasteiger partial charge >= 0.3 is 8.80 Å². The van der Waals surface area contributed by atoms with E-state index in [4.69, 9.17) is 41.7 Å². The summed E-state index contributed by atoms with van der Waals surface area (Å²) in [6.45, 7) is 6.20. The first-order valence-corrected chi connectivity index (χ1v) is 11.2. The molecule has 0 saturated heterocycles. The van der Waals surface area contributed by atoms with E-state index in [1.807, 2.05) is 0 Å². The number of methoxy groups -OCH3 is 1. The Morgan fingerprint density at radius 2 is 0.778 bits per heavy atom. The summed E-state index contributed by atoms with van der Waals surface area (Å²) in [6, 6.07) is 0.729. The lowest BCUT2D eigenvalue weighted by atomic mass is 10.5. The van der Waals surface area contributed by atoms with Crippen LogP contribution >= 0.6 is 0 Å². The lowest BCUT2D eigenvalue weighted by Crippen LogP contribution is -2.42. The summed E-state index contributed by atoms with van der Waals surface area (Å²) >= 11 is 0. The Hall–Kier alpha value is -0.143. The fraction of sp³-hybridized carbons (Fsp3) is 1.00. The highest BCUT2D eigenvalue weighted by Gasteiger charge is 2.36. The summed E-state index contributed by atoms with van der Waals surface area (Å²) in [5.74, 6) is 0. The Bertz CT molecular complexity index is 285. The molecular weight excluding hydrogens is 376 g/mol. The van der Waals surface area contributed by atoms with Crippen molar-refractivity contribution in [2.24, 2.45) is 0 Å². The first-order valence-electron chi connectivity index (χ1n) is 9.27. The standard InChI is InChI=1S/C17H38O9Si/c1-18-7-8-23-11-12-25-15-16-26-14-13-24-10-9-22-6-5-17-27(19-2,20-3)21-4/h5-17H2,1-4H3. The molecule has 0 saturated carbocycles. The molecule has 0 heterocycles. The first-order chi connectivity index (χ1) is 13.2. The minimum Gasteiger partial charge on any atom is -0.382 e. The van der Waals surface area contributed by atoms with Gasteiger partial charge in [-0.15, -0.1) is 0 Å². The van der Waals surface area contributed by atoms with Crippen LogP contribution in [0.15, 0.2) is 0 Å². The molecule has 0 N–H and O–H groups in total. The fourth-order valence-corrected chi connectivity index (χ4v) is 3.76. The maximum absolute atomic E-state index is 5.52. The molecule has 0 fully saturated rings. The molecular formula is C17H38O9Si. The van der Waals surface area contributed by atoms with E-state index in [0.717, 1.165) is 12.5 Å². The molecule has 0 aromatic heterocycles. The van der Waals surface area contributed by atoms with Crippen molar-refractivity contribution in [1.29, 1.82) is 0 Å². The van der Waals surface area contributed by atoms with E-state index in [2.05, 4.69) is 0 Å². The number of hydrogen-bond acceptors (Lipinski definition) is 9. The van der Waals surface area contributed by atoms with E-state index in [9.17, 15) is 0 Å². The average molecular weight is 415 g/mol. The van der Waals surface area contributed by atoms with Crippen LogP contribution in [0.2, 0.25) is 6.04 Å². The maximum Gasteiger partial charge on any atom is 0.500 e. The quantitative estimate of drug-likeness (QED) is 0.190. The van der Waals surface area contributed by atoms with Crippen LogP contribution in [0.4, 0.5) is 0 Å². The van der Waals surface area contributed by atoms with Crippen LogP contribution in [0, 0.1) is 0 Å². The predicted octanol–water partition coefficient (Wildman–Crippen LogP) is 0.984. The zero-order valence-electron chi connectivity index (χ0n) is 17.4. The Morgan fingerprint density at radius 1 is 0.444 bits per heavy atom. The van der Waals surface area contributed by atoms with Gasteiger partial charge in [0.2, 0.25) is 0 Å². The van der Waals surface area contributed by atoms with Crippen LogP contribution in [0.3, 0.4) is 0 Å². The molecule has 9 nitrogen and oxygen atoms in total. The monoisotopic (exact) mass is 414 g/mol. The Labute approximate surface area is 164 Å². The van der Waals surface area contributed by atoms with Crippen LogP contribution in [-0.4, -0.2) is 110 Å². The van der Waals surface area contributed by atoms with Crippen molar-refractivity contribution in [3.8, 4) is 0 Å².